The fourth-order valence-electron chi connectivity index (χ4n) is 4.23. The molecule has 0 unspecified atom stereocenters. The van der Waals surface area contributed by atoms with Crippen LogP contribution in [0.1, 0.15) is 54.4 Å². The summed E-state index contributed by atoms with van der Waals surface area (Å²) in [5.41, 5.74) is 7.86. The first-order chi connectivity index (χ1) is 12.3. The molecule has 0 heterocycles. The number of hydrogen-bond donors (Lipinski definition) is 0. The number of benzene rings is 2. The van der Waals surface area contributed by atoms with Gasteiger partial charge in [-0.05, 0) is 77.4 Å². The zero-order valence-electron chi connectivity index (χ0n) is 14.5. The van der Waals surface area contributed by atoms with Crippen LogP contribution in [0.15, 0.2) is 47.5 Å². The van der Waals surface area contributed by atoms with Gasteiger partial charge in [-0.1, -0.05) is 62.1 Å². The standard InChI is InChI=1S/C23H23NS/c25-16-24-23-12-11-21-14-20(9-10-22(21)15-23)19-7-5-18(6-8-19)13-17-3-1-2-4-17/h5-8,11-12,14-15,17H,1-4,9-10,13H2. The van der Waals surface area contributed by atoms with Crippen molar-refractivity contribution in [1.29, 1.82) is 0 Å². The molecule has 0 aromatic heterocycles. The van der Waals surface area contributed by atoms with Crippen molar-refractivity contribution in [3.05, 3.63) is 64.7 Å². The zero-order chi connectivity index (χ0) is 17.1. The van der Waals surface area contributed by atoms with E-state index in [2.05, 4.69) is 52.6 Å². The lowest BCUT2D eigenvalue weighted by molar-refractivity contribution is 0.546. The minimum Gasteiger partial charge on any atom is -0.195 e. The maximum atomic E-state index is 4.70. The first-order valence-electron chi connectivity index (χ1n) is 9.32. The van der Waals surface area contributed by atoms with Gasteiger partial charge in [0.1, 0.15) is 0 Å². The highest BCUT2D eigenvalue weighted by Gasteiger charge is 2.16. The molecule has 0 spiro atoms. The van der Waals surface area contributed by atoms with Gasteiger partial charge in [0.05, 0.1) is 10.8 Å². The van der Waals surface area contributed by atoms with Crippen LogP contribution in [0.3, 0.4) is 0 Å². The van der Waals surface area contributed by atoms with Crippen LogP contribution < -0.4 is 0 Å². The van der Waals surface area contributed by atoms with Crippen molar-refractivity contribution < 1.29 is 0 Å². The average molecular weight is 346 g/mol. The molecule has 0 bridgehead atoms. The summed E-state index contributed by atoms with van der Waals surface area (Å²) in [6, 6.07) is 15.6. The van der Waals surface area contributed by atoms with Crippen LogP contribution in [0.2, 0.25) is 0 Å². The molecule has 1 nitrogen and oxygen atoms in total. The maximum absolute atomic E-state index is 4.70. The SMILES string of the molecule is S=C=Nc1ccc2c(c1)CCC(c1ccc(CC3CCCC3)cc1)=C2. The van der Waals surface area contributed by atoms with Gasteiger partial charge in [-0.3, -0.25) is 0 Å². The van der Waals surface area contributed by atoms with E-state index >= 15 is 0 Å². The quantitative estimate of drug-likeness (QED) is 0.447. The molecule has 1 saturated carbocycles. The average Bonchev–Trinajstić information content (AvgIpc) is 3.15. The van der Waals surface area contributed by atoms with Gasteiger partial charge in [0.15, 0.2) is 0 Å². The molecule has 0 atom stereocenters. The van der Waals surface area contributed by atoms with E-state index in [1.54, 1.807) is 0 Å². The van der Waals surface area contributed by atoms with Gasteiger partial charge in [-0.15, -0.1) is 0 Å². The largest absolute Gasteiger partial charge is 0.195 e. The minimum atomic E-state index is 0.905. The second-order valence-corrected chi connectivity index (χ2v) is 7.49. The van der Waals surface area contributed by atoms with Crippen molar-refractivity contribution >= 4 is 34.7 Å². The zero-order valence-corrected chi connectivity index (χ0v) is 15.3. The summed E-state index contributed by atoms with van der Waals surface area (Å²) < 4.78 is 0. The number of nitrogens with zero attached hydrogens (tertiary/aromatic N) is 1. The lowest BCUT2D eigenvalue weighted by atomic mass is 9.88. The van der Waals surface area contributed by atoms with Gasteiger partial charge in [-0.25, -0.2) is 0 Å². The predicted molar refractivity (Wildman–Crippen MR) is 109 cm³/mol. The van der Waals surface area contributed by atoms with Crippen molar-refractivity contribution in [3.8, 4) is 0 Å². The van der Waals surface area contributed by atoms with Gasteiger partial charge >= 0.3 is 0 Å². The van der Waals surface area contributed by atoms with Crippen molar-refractivity contribution in [2.24, 2.45) is 10.9 Å². The smallest absolute Gasteiger partial charge is 0.0742 e. The van der Waals surface area contributed by atoms with Gasteiger partial charge in [0.2, 0.25) is 0 Å². The number of fused-ring (bicyclic) bond motifs is 1. The Kier molecular flexibility index (Phi) is 4.92. The van der Waals surface area contributed by atoms with E-state index in [-0.39, 0.29) is 0 Å². The summed E-state index contributed by atoms with van der Waals surface area (Å²) in [5, 5.41) is 2.45. The van der Waals surface area contributed by atoms with Gasteiger partial charge in [0, 0.05) is 0 Å². The molecule has 0 radical (unpaired) electrons. The molecule has 2 aliphatic carbocycles. The van der Waals surface area contributed by atoms with Crippen molar-refractivity contribution in [2.45, 2.75) is 44.9 Å². The highest BCUT2D eigenvalue weighted by atomic mass is 32.1. The Hall–Kier alpha value is -2.02. The van der Waals surface area contributed by atoms with E-state index in [1.807, 2.05) is 6.07 Å². The first kappa shape index (κ1) is 16.4. The molecule has 2 aliphatic rings. The highest BCUT2D eigenvalue weighted by molar-refractivity contribution is 7.78. The van der Waals surface area contributed by atoms with Crippen LogP contribution in [0.5, 0.6) is 0 Å². The molecule has 0 N–H and O–H groups in total. The minimum absolute atomic E-state index is 0.905. The second kappa shape index (κ2) is 7.47. The van der Waals surface area contributed by atoms with E-state index < -0.39 is 0 Å². The molecule has 2 heteroatoms. The van der Waals surface area contributed by atoms with Crippen LogP contribution in [0.4, 0.5) is 5.69 Å². The molecule has 0 amide bonds. The molecule has 0 saturated heterocycles. The lowest BCUT2D eigenvalue weighted by Gasteiger charge is -2.17. The number of allylic oxidation sites excluding steroid dienone is 1. The van der Waals surface area contributed by atoms with Crippen LogP contribution in [0.25, 0.3) is 11.6 Å². The molecule has 1 fully saturated rings. The van der Waals surface area contributed by atoms with Gasteiger partial charge in [-0.2, -0.15) is 4.99 Å². The normalized spacial score (nSPS) is 16.9. The fourth-order valence-corrected chi connectivity index (χ4v) is 4.34. The Morgan fingerprint density at radius 2 is 1.80 bits per heavy atom. The molecule has 2 aromatic carbocycles. The number of isothiocyanates is 1. The monoisotopic (exact) mass is 345 g/mol. The number of rotatable bonds is 4. The van der Waals surface area contributed by atoms with Crippen molar-refractivity contribution in [2.75, 3.05) is 0 Å². The third-order valence-corrected chi connectivity index (χ3v) is 5.71. The number of thiocarbonyl (C=S) groups is 1. The summed E-state index contributed by atoms with van der Waals surface area (Å²) in [5.74, 6) is 0.913. The van der Waals surface area contributed by atoms with Crippen LogP contribution >= 0.6 is 12.2 Å². The second-order valence-electron chi connectivity index (χ2n) is 7.31. The van der Waals surface area contributed by atoms with E-state index in [1.165, 1.54) is 59.9 Å². The fraction of sp³-hybridized carbons (Fsp3) is 0.348. The van der Waals surface area contributed by atoms with Gasteiger partial charge < -0.3 is 0 Å². The highest BCUT2D eigenvalue weighted by Crippen LogP contribution is 2.33. The van der Waals surface area contributed by atoms with Crippen molar-refractivity contribution in [1.82, 2.24) is 0 Å². The molecular formula is C23H23NS. The van der Waals surface area contributed by atoms with E-state index in [0.717, 1.165) is 24.4 Å². The predicted octanol–water partition coefficient (Wildman–Crippen LogP) is 6.64. The first-order valence-corrected chi connectivity index (χ1v) is 9.73. The maximum Gasteiger partial charge on any atom is 0.0742 e. The molecule has 25 heavy (non-hydrogen) atoms. The van der Waals surface area contributed by atoms with Crippen LogP contribution in [0, 0.1) is 5.92 Å². The number of hydrogen-bond acceptors (Lipinski definition) is 2. The number of aliphatic imine (C=N–C) groups is 1. The summed E-state index contributed by atoms with van der Waals surface area (Å²) in [6.07, 6.45) is 11.4. The Morgan fingerprint density at radius 3 is 2.56 bits per heavy atom. The lowest BCUT2D eigenvalue weighted by Crippen LogP contribution is -2.00. The van der Waals surface area contributed by atoms with Crippen molar-refractivity contribution in [3.63, 3.8) is 0 Å². The Labute approximate surface area is 155 Å². The molecule has 2 aromatic rings. The third kappa shape index (κ3) is 3.81. The van der Waals surface area contributed by atoms with E-state index in [9.17, 15) is 0 Å². The Bertz CT molecular complexity index is 835. The summed E-state index contributed by atoms with van der Waals surface area (Å²) >= 11 is 4.70. The third-order valence-electron chi connectivity index (χ3n) is 5.62. The Morgan fingerprint density at radius 1 is 1.00 bits per heavy atom. The Balaban J connectivity index is 1.52. The topological polar surface area (TPSA) is 12.4 Å². The van der Waals surface area contributed by atoms with Crippen LogP contribution in [-0.4, -0.2) is 5.16 Å². The van der Waals surface area contributed by atoms with Crippen LogP contribution in [-0.2, 0) is 12.8 Å². The summed E-state index contributed by atoms with van der Waals surface area (Å²) in [4.78, 5) is 4.09. The molecular weight excluding hydrogens is 322 g/mol. The van der Waals surface area contributed by atoms with E-state index in [0.29, 0.717) is 0 Å². The summed E-state index contributed by atoms with van der Waals surface area (Å²) in [6.45, 7) is 0. The number of aryl methyl sites for hydroxylation is 1. The van der Waals surface area contributed by atoms with Gasteiger partial charge in [0.25, 0.3) is 0 Å². The molecule has 4 rings (SSSR count). The van der Waals surface area contributed by atoms with E-state index in [4.69, 9.17) is 12.2 Å². The summed E-state index contributed by atoms with van der Waals surface area (Å²) in [7, 11) is 0. The molecule has 126 valence electrons. The molecule has 0 aliphatic heterocycles.